The van der Waals surface area contributed by atoms with Gasteiger partial charge in [-0.3, -0.25) is 4.90 Å². The second-order valence-electron chi connectivity index (χ2n) is 5.76. The summed E-state index contributed by atoms with van der Waals surface area (Å²) < 4.78 is 0.884. The number of hydrogen-bond donors (Lipinski definition) is 1. The Morgan fingerprint density at radius 2 is 2.19 bits per heavy atom. The van der Waals surface area contributed by atoms with Gasteiger partial charge in [0.05, 0.1) is 5.56 Å². The number of halogens is 1. The minimum atomic E-state index is -0.884. The van der Waals surface area contributed by atoms with Crippen LogP contribution in [-0.4, -0.2) is 53.6 Å². The highest BCUT2D eigenvalue weighted by atomic mass is 79.9. The van der Waals surface area contributed by atoms with Gasteiger partial charge in [-0.25, -0.2) is 4.79 Å². The molecule has 5 heteroatoms. The number of likely N-dealkylation sites (N-methyl/N-ethyl adjacent to an activating group) is 1. The van der Waals surface area contributed by atoms with E-state index in [2.05, 4.69) is 39.7 Å². The first-order valence-electron chi connectivity index (χ1n) is 7.45. The van der Waals surface area contributed by atoms with Gasteiger partial charge in [-0.15, -0.1) is 0 Å². The van der Waals surface area contributed by atoms with Crippen LogP contribution in [0.25, 0.3) is 0 Å². The van der Waals surface area contributed by atoms with Crippen molar-refractivity contribution in [1.82, 2.24) is 9.80 Å². The standard InChI is InChI=1S/C16H23BrN2O2/c1-3-14-11-18(2)7-4-8-19(14)10-13-6-5-12(16(20)21)9-15(13)17/h5-6,9,14H,3-4,7-8,10-11H2,1-2H3,(H,20,21). The first-order valence-corrected chi connectivity index (χ1v) is 8.25. The SMILES string of the molecule is CCC1CN(C)CCCN1Cc1ccc(C(=O)O)cc1Br. The van der Waals surface area contributed by atoms with Gasteiger partial charge in [-0.2, -0.15) is 0 Å². The predicted octanol–water partition coefficient (Wildman–Crippen LogP) is 3.06. The topological polar surface area (TPSA) is 43.8 Å². The molecule has 0 saturated carbocycles. The van der Waals surface area contributed by atoms with Crippen molar-refractivity contribution in [2.75, 3.05) is 26.7 Å². The average molecular weight is 355 g/mol. The van der Waals surface area contributed by atoms with Crippen LogP contribution in [-0.2, 0) is 6.54 Å². The highest BCUT2D eigenvalue weighted by molar-refractivity contribution is 9.10. The summed E-state index contributed by atoms with van der Waals surface area (Å²) in [4.78, 5) is 15.9. The molecule has 1 atom stereocenters. The highest BCUT2D eigenvalue weighted by Crippen LogP contribution is 2.23. The van der Waals surface area contributed by atoms with Crippen LogP contribution in [0.15, 0.2) is 22.7 Å². The summed E-state index contributed by atoms with van der Waals surface area (Å²) in [5.74, 6) is -0.884. The summed E-state index contributed by atoms with van der Waals surface area (Å²) in [6, 6.07) is 5.87. The van der Waals surface area contributed by atoms with Crippen LogP contribution in [0, 0.1) is 0 Å². The number of benzene rings is 1. The predicted molar refractivity (Wildman–Crippen MR) is 87.7 cm³/mol. The van der Waals surface area contributed by atoms with E-state index in [1.54, 1.807) is 12.1 Å². The van der Waals surface area contributed by atoms with Crippen LogP contribution in [0.1, 0.15) is 35.7 Å². The van der Waals surface area contributed by atoms with Gasteiger partial charge in [-0.1, -0.05) is 28.9 Å². The van der Waals surface area contributed by atoms with E-state index in [-0.39, 0.29) is 0 Å². The Morgan fingerprint density at radius 1 is 1.43 bits per heavy atom. The molecule has 1 heterocycles. The molecule has 1 aromatic rings. The molecule has 0 aliphatic carbocycles. The second-order valence-corrected chi connectivity index (χ2v) is 6.61. The minimum absolute atomic E-state index is 0.327. The Kier molecular flexibility index (Phi) is 5.79. The lowest BCUT2D eigenvalue weighted by molar-refractivity contribution is 0.0696. The fraction of sp³-hybridized carbons (Fsp3) is 0.562. The van der Waals surface area contributed by atoms with Crippen molar-refractivity contribution in [2.24, 2.45) is 0 Å². The van der Waals surface area contributed by atoms with Crippen molar-refractivity contribution >= 4 is 21.9 Å². The van der Waals surface area contributed by atoms with Gasteiger partial charge < -0.3 is 10.0 Å². The molecule has 1 fully saturated rings. The van der Waals surface area contributed by atoms with Gasteiger partial charge in [0, 0.05) is 30.1 Å². The number of hydrogen-bond acceptors (Lipinski definition) is 3. The van der Waals surface area contributed by atoms with E-state index in [0.717, 1.165) is 42.6 Å². The molecule has 1 saturated heterocycles. The zero-order chi connectivity index (χ0) is 15.4. The summed E-state index contributed by atoms with van der Waals surface area (Å²) in [5, 5.41) is 9.03. The maximum Gasteiger partial charge on any atom is 0.335 e. The lowest BCUT2D eigenvalue weighted by Gasteiger charge is -2.30. The summed E-state index contributed by atoms with van der Waals surface area (Å²) in [6.45, 7) is 6.44. The fourth-order valence-corrected chi connectivity index (χ4v) is 3.42. The van der Waals surface area contributed by atoms with E-state index in [4.69, 9.17) is 5.11 Å². The van der Waals surface area contributed by atoms with E-state index < -0.39 is 5.97 Å². The quantitative estimate of drug-likeness (QED) is 0.902. The molecule has 116 valence electrons. The summed E-state index contributed by atoms with van der Waals surface area (Å²) in [6.07, 6.45) is 2.31. The molecule has 0 amide bonds. The van der Waals surface area contributed by atoms with Crippen LogP contribution < -0.4 is 0 Å². The van der Waals surface area contributed by atoms with Gasteiger partial charge in [0.1, 0.15) is 0 Å². The number of carboxylic acids is 1. The number of aromatic carboxylic acids is 1. The van der Waals surface area contributed by atoms with E-state index in [9.17, 15) is 4.79 Å². The lowest BCUT2D eigenvalue weighted by atomic mass is 10.1. The zero-order valence-electron chi connectivity index (χ0n) is 12.7. The third-order valence-corrected chi connectivity index (χ3v) is 4.91. The van der Waals surface area contributed by atoms with Crippen LogP contribution in [0.3, 0.4) is 0 Å². The Bertz CT molecular complexity index is 507. The number of nitrogens with zero attached hydrogens (tertiary/aromatic N) is 2. The van der Waals surface area contributed by atoms with Gasteiger partial charge in [0.2, 0.25) is 0 Å². The molecule has 2 rings (SSSR count). The molecule has 0 radical (unpaired) electrons. The van der Waals surface area contributed by atoms with Crippen molar-refractivity contribution in [1.29, 1.82) is 0 Å². The van der Waals surface area contributed by atoms with E-state index in [0.29, 0.717) is 11.6 Å². The molecule has 1 aromatic carbocycles. The molecule has 0 aromatic heterocycles. The molecule has 0 spiro atoms. The molecular weight excluding hydrogens is 332 g/mol. The van der Waals surface area contributed by atoms with E-state index in [1.165, 1.54) is 6.42 Å². The zero-order valence-corrected chi connectivity index (χ0v) is 14.3. The molecule has 1 N–H and O–H groups in total. The second kappa shape index (κ2) is 7.38. The molecule has 21 heavy (non-hydrogen) atoms. The number of carboxylic acid groups (broad SMARTS) is 1. The maximum atomic E-state index is 11.0. The van der Waals surface area contributed by atoms with Crippen molar-refractivity contribution in [3.8, 4) is 0 Å². The molecule has 0 bridgehead atoms. The van der Waals surface area contributed by atoms with Crippen molar-refractivity contribution in [3.05, 3.63) is 33.8 Å². The molecular formula is C16H23BrN2O2. The first-order chi connectivity index (χ1) is 10.0. The molecule has 1 aliphatic heterocycles. The lowest BCUT2D eigenvalue weighted by Crippen LogP contribution is -2.39. The molecule has 1 unspecified atom stereocenters. The van der Waals surface area contributed by atoms with Gasteiger partial charge in [0.25, 0.3) is 0 Å². The first kappa shape index (κ1) is 16.5. The number of rotatable bonds is 4. The summed E-state index contributed by atoms with van der Waals surface area (Å²) >= 11 is 3.52. The molecule has 4 nitrogen and oxygen atoms in total. The van der Waals surface area contributed by atoms with Gasteiger partial charge >= 0.3 is 5.97 Å². The van der Waals surface area contributed by atoms with Crippen molar-refractivity contribution < 1.29 is 9.90 Å². The van der Waals surface area contributed by atoms with Crippen LogP contribution >= 0.6 is 15.9 Å². The van der Waals surface area contributed by atoms with Crippen molar-refractivity contribution in [3.63, 3.8) is 0 Å². The van der Waals surface area contributed by atoms with Gasteiger partial charge in [-0.05, 0) is 44.1 Å². The molecule has 1 aliphatic rings. The highest BCUT2D eigenvalue weighted by Gasteiger charge is 2.22. The third-order valence-electron chi connectivity index (χ3n) is 4.17. The normalized spacial score (nSPS) is 21.2. The van der Waals surface area contributed by atoms with Crippen molar-refractivity contribution in [2.45, 2.75) is 32.4 Å². The van der Waals surface area contributed by atoms with E-state index >= 15 is 0 Å². The summed E-state index contributed by atoms with van der Waals surface area (Å²) in [7, 11) is 2.18. The Morgan fingerprint density at radius 3 is 2.81 bits per heavy atom. The van der Waals surface area contributed by atoms with Crippen LogP contribution in [0.2, 0.25) is 0 Å². The fourth-order valence-electron chi connectivity index (χ4n) is 2.92. The average Bonchev–Trinajstić information content (AvgIpc) is 2.62. The summed E-state index contributed by atoms with van der Waals surface area (Å²) in [5.41, 5.74) is 1.48. The van der Waals surface area contributed by atoms with Crippen LogP contribution in [0.5, 0.6) is 0 Å². The Labute approximate surface area is 134 Å². The maximum absolute atomic E-state index is 11.0. The van der Waals surface area contributed by atoms with Crippen LogP contribution in [0.4, 0.5) is 0 Å². The third kappa shape index (κ3) is 4.28. The smallest absolute Gasteiger partial charge is 0.335 e. The van der Waals surface area contributed by atoms with E-state index in [1.807, 2.05) is 6.07 Å². The minimum Gasteiger partial charge on any atom is -0.478 e. The Balaban J connectivity index is 2.14. The largest absolute Gasteiger partial charge is 0.478 e. The number of carbonyl (C=O) groups is 1. The monoisotopic (exact) mass is 354 g/mol. The Hall–Kier alpha value is -0.910. The van der Waals surface area contributed by atoms with Gasteiger partial charge in [0.15, 0.2) is 0 Å².